The molecule has 1 aromatic rings. The number of hydrogen-bond acceptors (Lipinski definition) is 9. The number of nitrogens with two attached hydrogens (primary N) is 1. The Labute approximate surface area is 144 Å². The topological polar surface area (TPSA) is 139 Å². The number of nitrogens with zero attached hydrogens (tertiary/aromatic N) is 3. The van der Waals surface area contributed by atoms with E-state index in [1.807, 2.05) is 6.92 Å². The second-order valence-electron chi connectivity index (χ2n) is 6.07. The van der Waals surface area contributed by atoms with Crippen LogP contribution in [-0.2, 0) is 22.9 Å². The Hall–Kier alpha value is -1.76. The lowest BCUT2D eigenvalue weighted by Crippen LogP contribution is -2.43. The van der Waals surface area contributed by atoms with Crippen molar-refractivity contribution in [1.29, 1.82) is 5.26 Å². The van der Waals surface area contributed by atoms with Gasteiger partial charge in [-0.05, 0) is 19.4 Å². The van der Waals surface area contributed by atoms with Crippen molar-refractivity contribution in [3.8, 4) is 6.07 Å². The molecule has 0 aromatic carbocycles. The molecule has 2 N–H and O–H groups in total. The Morgan fingerprint density at radius 2 is 2.40 bits per heavy atom. The molecule has 2 saturated heterocycles. The first-order valence-electron chi connectivity index (χ1n) is 7.82. The van der Waals surface area contributed by atoms with Gasteiger partial charge in [-0.1, -0.05) is 6.92 Å². The van der Waals surface area contributed by atoms with Crippen LogP contribution in [0, 0.1) is 16.7 Å². The zero-order valence-corrected chi connectivity index (χ0v) is 14.7. The fourth-order valence-corrected chi connectivity index (χ4v) is 4.46. The van der Waals surface area contributed by atoms with Crippen LogP contribution in [0.15, 0.2) is 17.1 Å². The zero-order chi connectivity index (χ0) is 18.2. The second-order valence-corrected chi connectivity index (χ2v) is 7.69. The standard InChI is InChI=1S/C14H19N4O6P/c1-3-6-21-25(20)22-7-9-11(24-25)14(2,8-15)12(23-9)18-5-4-10(16)17-13(18)19/h4-5,9,11-12H,3,6-7H2,1-2H3,(H2,16,17,19)/t9-,11-,12-,14-,25?/m1/s1. The summed E-state index contributed by atoms with van der Waals surface area (Å²) in [7, 11) is -3.78. The maximum Gasteiger partial charge on any atom is 0.475 e. The number of anilines is 1. The summed E-state index contributed by atoms with van der Waals surface area (Å²) in [6, 6.07) is 3.55. The van der Waals surface area contributed by atoms with Gasteiger partial charge < -0.3 is 10.5 Å². The average Bonchev–Trinajstić information content (AvgIpc) is 2.86. The number of rotatable bonds is 4. The summed E-state index contributed by atoms with van der Waals surface area (Å²) in [6.07, 6.45) is -0.522. The molecule has 11 heteroatoms. The summed E-state index contributed by atoms with van der Waals surface area (Å²) < 4.78 is 35.5. The molecular formula is C14H19N4O6P. The molecular weight excluding hydrogens is 351 g/mol. The van der Waals surface area contributed by atoms with Gasteiger partial charge >= 0.3 is 13.5 Å². The van der Waals surface area contributed by atoms with Crippen molar-refractivity contribution in [2.45, 2.75) is 38.7 Å². The second kappa shape index (κ2) is 6.52. The van der Waals surface area contributed by atoms with E-state index >= 15 is 0 Å². The first kappa shape index (κ1) is 18.0. The van der Waals surface area contributed by atoms with Gasteiger partial charge in [0, 0.05) is 6.20 Å². The molecule has 2 aliphatic rings. The predicted molar refractivity (Wildman–Crippen MR) is 85.2 cm³/mol. The van der Waals surface area contributed by atoms with Crippen LogP contribution >= 0.6 is 7.82 Å². The van der Waals surface area contributed by atoms with Gasteiger partial charge in [-0.3, -0.25) is 18.1 Å². The lowest BCUT2D eigenvalue weighted by Gasteiger charge is -2.34. The van der Waals surface area contributed by atoms with Gasteiger partial charge in [0.1, 0.15) is 23.4 Å². The largest absolute Gasteiger partial charge is 0.475 e. The minimum Gasteiger partial charge on any atom is -0.383 e. The Morgan fingerprint density at radius 1 is 1.64 bits per heavy atom. The number of phosphoric acid groups is 1. The van der Waals surface area contributed by atoms with Crippen molar-refractivity contribution >= 4 is 13.6 Å². The maximum atomic E-state index is 12.6. The minimum atomic E-state index is -3.78. The van der Waals surface area contributed by atoms with E-state index in [9.17, 15) is 14.6 Å². The van der Waals surface area contributed by atoms with Crippen LogP contribution in [0.3, 0.4) is 0 Å². The Bertz CT molecular complexity index is 807. The van der Waals surface area contributed by atoms with Crippen molar-refractivity contribution in [1.82, 2.24) is 9.55 Å². The summed E-state index contributed by atoms with van der Waals surface area (Å²) in [5.41, 5.74) is 3.54. The summed E-state index contributed by atoms with van der Waals surface area (Å²) in [5.74, 6) is 0.0624. The molecule has 3 rings (SSSR count). The van der Waals surface area contributed by atoms with E-state index in [0.29, 0.717) is 6.42 Å². The molecule has 5 atom stereocenters. The van der Waals surface area contributed by atoms with Gasteiger partial charge in [0.2, 0.25) is 0 Å². The summed E-state index contributed by atoms with van der Waals surface area (Å²) in [4.78, 5) is 15.8. The van der Waals surface area contributed by atoms with Crippen molar-refractivity contribution in [2.24, 2.45) is 5.41 Å². The van der Waals surface area contributed by atoms with E-state index in [2.05, 4.69) is 11.1 Å². The third-order valence-corrected chi connectivity index (χ3v) is 5.63. The quantitative estimate of drug-likeness (QED) is 0.774. The number of hydrogen-bond donors (Lipinski definition) is 1. The van der Waals surface area contributed by atoms with Gasteiger partial charge in [0.15, 0.2) is 6.23 Å². The third-order valence-electron chi connectivity index (χ3n) is 4.18. The fraction of sp³-hybridized carbons (Fsp3) is 0.643. The lowest BCUT2D eigenvalue weighted by atomic mass is 9.84. The Kier molecular flexibility index (Phi) is 4.70. The van der Waals surface area contributed by atoms with E-state index in [1.54, 1.807) is 6.92 Å². The third kappa shape index (κ3) is 3.10. The molecule has 0 aliphatic carbocycles. The molecule has 3 heterocycles. The Morgan fingerprint density at radius 3 is 3.04 bits per heavy atom. The van der Waals surface area contributed by atoms with E-state index < -0.39 is 37.4 Å². The van der Waals surface area contributed by atoms with Crippen LogP contribution < -0.4 is 11.4 Å². The first-order valence-corrected chi connectivity index (χ1v) is 9.28. The normalized spacial score (nSPS) is 37.4. The molecule has 0 bridgehead atoms. The lowest BCUT2D eigenvalue weighted by molar-refractivity contribution is -0.0722. The molecule has 1 unspecified atom stereocenters. The van der Waals surface area contributed by atoms with E-state index in [1.165, 1.54) is 16.8 Å². The molecule has 25 heavy (non-hydrogen) atoms. The minimum absolute atomic E-state index is 0.0624. The molecule has 0 radical (unpaired) electrons. The molecule has 10 nitrogen and oxygen atoms in total. The number of nitrogen functional groups attached to an aromatic ring is 1. The van der Waals surface area contributed by atoms with Crippen molar-refractivity contribution in [2.75, 3.05) is 18.9 Å². The number of fused-ring (bicyclic) bond motifs is 1. The highest BCUT2D eigenvalue weighted by atomic mass is 31.2. The van der Waals surface area contributed by atoms with Crippen LogP contribution in [0.5, 0.6) is 0 Å². The highest BCUT2D eigenvalue weighted by molar-refractivity contribution is 7.48. The van der Waals surface area contributed by atoms with Crippen LogP contribution in [0.1, 0.15) is 26.5 Å². The van der Waals surface area contributed by atoms with Crippen molar-refractivity contribution in [3.05, 3.63) is 22.7 Å². The van der Waals surface area contributed by atoms with Crippen LogP contribution in [0.4, 0.5) is 5.82 Å². The molecule has 0 spiro atoms. The summed E-state index contributed by atoms with van der Waals surface area (Å²) >= 11 is 0. The smallest absolute Gasteiger partial charge is 0.383 e. The monoisotopic (exact) mass is 370 g/mol. The summed E-state index contributed by atoms with van der Waals surface area (Å²) in [5, 5.41) is 9.75. The number of nitriles is 1. The number of ether oxygens (including phenoxy) is 1. The maximum absolute atomic E-state index is 12.6. The van der Waals surface area contributed by atoms with E-state index in [-0.39, 0.29) is 19.0 Å². The van der Waals surface area contributed by atoms with Crippen molar-refractivity contribution in [3.63, 3.8) is 0 Å². The Balaban J connectivity index is 1.94. The zero-order valence-electron chi connectivity index (χ0n) is 13.8. The molecule has 0 amide bonds. The van der Waals surface area contributed by atoms with Gasteiger partial charge in [-0.15, -0.1) is 0 Å². The highest BCUT2D eigenvalue weighted by Gasteiger charge is 2.61. The number of phosphoric ester groups is 1. The van der Waals surface area contributed by atoms with E-state index in [4.69, 9.17) is 24.0 Å². The highest BCUT2D eigenvalue weighted by Crippen LogP contribution is 2.60. The molecule has 2 fully saturated rings. The van der Waals surface area contributed by atoms with Gasteiger partial charge in [-0.2, -0.15) is 10.2 Å². The van der Waals surface area contributed by atoms with E-state index in [0.717, 1.165) is 0 Å². The van der Waals surface area contributed by atoms with Gasteiger partial charge in [0.25, 0.3) is 0 Å². The number of aromatic nitrogens is 2. The SMILES string of the molecule is CCCOP1(=O)OC[C@H]2O[C@@H](n3ccc(N)nc3=O)[C@](C)(C#N)[C@@H]2O1. The molecule has 0 saturated carbocycles. The van der Waals surface area contributed by atoms with Gasteiger partial charge in [-0.25, -0.2) is 9.36 Å². The molecule has 1 aromatic heterocycles. The van der Waals surface area contributed by atoms with Crippen LogP contribution in [0.2, 0.25) is 0 Å². The predicted octanol–water partition coefficient (Wildman–Crippen LogP) is 1.20. The first-order chi connectivity index (χ1) is 11.8. The fourth-order valence-electron chi connectivity index (χ4n) is 2.89. The molecule has 2 aliphatic heterocycles. The summed E-state index contributed by atoms with van der Waals surface area (Å²) in [6.45, 7) is 3.55. The van der Waals surface area contributed by atoms with Gasteiger partial charge in [0.05, 0.1) is 19.3 Å². The van der Waals surface area contributed by atoms with Crippen LogP contribution in [0.25, 0.3) is 0 Å². The van der Waals surface area contributed by atoms with Crippen molar-refractivity contribution < 1.29 is 22.9 Å². The van der Waals surface area contributed by atoms with Crippen LogP contribution in [-0.4, -0.2) is 35.0 Å². The molecule has 136 valence electrons. The average molecular weight is 370 g/mol.